The van der Waals surface area contributed by atoms with Crippen molar-refractivity contribution in [1.82, 2.24) is 0 Å². The van der Waals surface area contributed by atoms with Crippen molar-refractivity contribution in [2.75, 3.05) is 0 Å². The first-order chi connectivity index (χ1) is 34.6. The molecule has 3 aliphatic carbocycles. The van der Waals surface area contributed by atoms with Gasteiger partial charge in [0.1, 0.15) is 13.2 Å². The second-order valence-electron chi connectivity index (χ2n) is 18.0. The number of allylic oxidation sites excluding steroid dienone is 2. The van der Waals surface area contributed by atoms with Crippen LogP contribution in [0.1, 0.15) is 73.4 Å². The van der Waals surface area contributed by atoms with Gasteiger partial charge < -0.3 is 9.47 Å². The summed E-state index contributed by atoms with van der Waals surface area (Å²) >= 11 is 2.76. The fraction of sp³-hybridized carbons (Fsp3) is 0.0492. The van der Waals surface area contributed by atoms with Crippen LogP contribution in [0.25, 0.3) is 65.0 Å². The first-order valence-electron chi connectivity index (χ1n) is 22.9. The minimum absolute atomic E-state index is 0.0623. The highest BCUT2D eigenvalue weighted by Crippen LogP contribution is 2.54. The van der Waals surface area contributed by atoms with Gasteiger partial charge in [-0.05, 0) is 139 Å². The summed E-state index contributed by atoms with van der Waals surface area (Å²) in [4.78, 5) is 87.3. The van der Waals surface area contributed by atoms with Crippen molar-refractivity contribution in [3.05, 3.63) is 235 Å². The van der Waals surface area contributed by atoms with Gasteiger partial charge in [0, 0.05) is 41.4 Å². The molecule has 338 valence electrons. The molecule has 8 nitrogen and oxygen atoms in total. The summed E-state index contributed by atoms with van der Waals surface area (Å²) in [7, 11) is 0. The van der Waals surface area contributed by atoms with E-state index >= 15 is 9.59 Å². The van der Waals surface area contributed by atoms with E-state index < -0.39 is 17.4 Å². The van der Waals surface area contributed by atoms with Crippen molar-refractivity contribution in [1.29, 1.82) is 0 Å². The number of ketones is 4. The number of ether oxygens (including phenoxy) is 2. The van der Waals surface area contributed by atoms with Crippen molar-refractivity contribution in [2.24, 2.45) is 0 Å². The molecule has 71 heavy (non-hydrogen) atoms. The molecule has 10 heteroatoms. The first kappa shape index (κ1) is 42.4. The molecule has 0 radical (unpaired) electrons. The quantitative estimate of drug-likeness (QED) is 0.0639. The number of carbonyl (C=O) groups excluding carboxylic acids is 6. The molecule has 0 amide bonds. The zero-order valence-corrected chi connectivity index (χ0v) is 39.0. The molecule has 2 heterocycles. The number of Topliss-reactive ketones (excluding diaryl/α,β-unsaturated/α-hetero) is 4. The maximum absolute atomic E-state index is 15.3. The van der Waals surface area contributed by atoms with E-state index in [-0.39, 0.29) is 47.5 Å². The molecule has 0 atom stereocenters. The van der Waals surface area contributed by atoms with Crippen LogP contribution in [0, 0.1) is 0 Å². The third-order valence-electron chi connectivity index (χ3n) is 13.8. The van der Waals surface area contributed by atoms with Crippen molar-refractivity contribution < 1.29 is 38.2 Å². The van der Waals surface area contributed by atoms with E-state index in [9.17, 15) is 19.2 Å². The van der Waals surface area contributed by atoms with Gasteiger partial charge in [-0.25, -0.2) is 0 Å². The van der Waals surface area contributed by atoms with Crippen molar-refractivity contribution in [2.45, 2.75) is 18.6 Å². The van der Waals surface area contributed by atoms with Gasteiger partial charge in [-0.2, -0.15) is 0 Å². The second-order valence-corrected chi connectivity index (χ2v) is 20.2. The van der Waals surface area contributed by atoms with Crippen LogP contribution in [0.4, 0.5) is 0 Å². The maximum Gasteiger partial charge on any atom is 0.333 e. The van der Waals surface area contributed by atoms with Crippen LogP contribution < -0.4 is 0 Å². The van der Waals surface area contributed by atoms with Crippen LogP contribution in [0.3, 0.4) is 0 Å². The SMILES string of the molecule is O=C1C(=Cc2cc3cc4c(cc3s2)-c2cc3sc(C=C5C(=O)c6cc7ccccc7cc6C5=O)cc3cc2C4(C(=O)OCc2ccccc2)C(=O)OCc2ccccc2)C(=O)c2cc3ccccc3cc21. The molecule has 13 rings (SSSR count). The third-order valence-corrected chi connectivity index (χ3v) is 15.9. The van der Waals surface area contributed by atoms with Gasteiger partial charge in [0.2, 0.25) is 5.41 Å². The average molecular weight is 959 g/mol. The predicted molar refractivity (Wildman–Crippen MR) is 277 cm³/mol. The predicted octanol–water partition coefficient (Wildman–Crippen LogP) is 13.1. The molecule has 0 unspecified atom stereocenters. The Morgan fingerprint density at radius 2 is 0.732 bits per heavy atom. The molecule has 8 aromatic carbocycles. The minimum Gasteiger partial charge on any atom is -0.459 e. The molecule has 0 bridgehead atoms. The Morgan fingerprint density at radius 3 is 1.08 bits per heavy atom. The Morgan fingerprint density at radius 1 is 0.394 bits per heavy atom. The normalized spacial score (nSPS) is 14.3. The number of rotatable bonds is 8. The minimum atomic E-state index is -2.11. The van der Waals surface area contributed by atoms with E-state index in [1.54, 1.807) is 36.4 Å². The molecule has 0 spiro atoms. The lowest BCUT2D eigenvalue weighted by atomic mass is 9.77. The van der Waals surface area contributed by atoms with Gasteiger partial charge >= 0.3 is 11.9 Å². The smallest absolute Gasteiger partial charge is 0.333 e. The number of thiophene rings is 2. The summed E-state index contributed by atoms with van der Waals surface area (Å²) < 4.78 is 13.9. The Labute approximate surface area is 412 Å². The number of fused-ring (bicyclic) bond motifs is 9. The lowest BCUT2D eigenvalue weighted by Gasteiger charge is -2.28. The molecular formula is C61H34O8S2. The summed E-state index contributed by atoms with van der Waals surface area (Å²) in [5, 5.41) is 4.83. The Hall–Kier alpha value is -8.70. The molecule has 3 aliphatic rings. The molecule has 0 aliphatic heterocycles. The van der Waals surface area contributed by atoms with E-state index in [2.05, 4.69) is 0 Å². The highest BCUT2D eigenvalue weighted by atomic mass is 32.1. The fourth-order valence-electron chi connectivity index (χ4n) is 10.3. The average Bonchev–Trinajstić information content (AvgIpc) is 4.18. The summed E-state index contributed by atoms with van der Waals surface area (Å²) in [5.41, 5.74) is 2.86. The zero-order chi connectivity index (χ0) is 48.1. The highest BCUT2D eigenvalue weighted by Gasteiger charge is 2.58. The van der Waals surface area contributed by atoms with E-state index in [1.807, 2.05) is 146 Å². The third kappa shape index (κ3) is 6.71. The van der Waals surface area contributed by atoms with E-state index in [4.69, 9.17) is 9.47 Å². The monoisotopic (exact) mass is 958 g/mol. The molecule has 2 aromatic heterocycles. The van der Waals surface area contributed by atoms with Crippen LogP contribution in [0.15, 0.2) is 181 Å². The van der Waals surface area contributed by atoms with Crippen LogP contribution in [0.5, 0.6) is 0 Å². The number of esters is 2. The largest absolute Gasteiger partial charge is 0.459 e. The lowest BCUT2D eigenvalue weighted by Crippen LogP contribution is -2.45. The molecule has 0 saturated carbocycles. The van der Waals surface area contributed by atoms with Crippen LogP contribution in [0.2, 0.25) is 0 Å². The van der Waals surface area contributed by atoms with Crippen molar-refractivity contribution >= 4 is 112 Å². The first-order valence-corrected chi connectivity index (χ1v) is 24.5. The lowest BCUT2D eigenvalue weighted by molar-refractivity contribution is -0.164. The molecule has 0 saturated heterocycles. The van der Waals surface area contributed by atoms with Gasteiger partial charge in [0.05, 0.1) is 11.1 Å². The highest BCUT2D eigenvalue weighted by molar-refractivity contribution is 7.20. The van der Waals surface area contributed by atoms with Gasteiger partial charge in [-0.15, -0.1) is 22.7 Å². The van der Waals surface area contributed by atoms with Crippen molar-refractivity contribution in [3.8, 4) is 11.1 Å². The van der Waals surface area contributed by atoms with Gasteiger partial charge in [0.25, 0.3) is 0 Å². The summed E-state index contributed by atoms with van der Waals surface area (Å²) in [5.74, 6) is -3.04. The van der Waals surface area contributed by atoms with Gasteiger partial charge in [-0.1, -0.05) is 109 Å². The number of hydrogen-bond donors (Lipinski definition) is 0. The summed E-state index contributed by atoms with van der Waals surface area (Å²) in [6.45, 7) is -0.232. The van der Waals surface area contributed by atoms with Crippen LogP contribution in [-0.4, -0.2) is 35.1 Å². The van der Waals surface area contributed by atoms with Gasteiger partial charge in [0.15, 0.2) is 23.1 Å². The molecule has 0 N–H and O–H groups in total. The zero-order valence-electron chi connectivity index (χ0n) is 37.3. The number of hydrogen-bond acceptors (Lipinski definition) is 10. The number of carbonyl (C=O) groups is 6. The number of benzene rings is 8. The van der Waals surface area contributed by atoms with E-state index in [0.29, 0.717) is 65.0 Å². The standard InChI is InChI=1S/C61H34O8S2/c62-55-45-21-35-15-7-8-16-36(35)22-46(45)56(63)49(55)27-41-19-39-25-51-43(29-53(39)70-41)44-30-54-40(20-42(71-54)28-50-57(64)47-23-37-17-9-10-18-38(37)24-48(47)58(50)65)26-52(44)61(51,59(66)68-31-33-11-3-1-4-12-33)60(67)69-32-34-13-5-2-6-14-34/h1-30H,31-32H2. The van der Waals surface area contributed by atoms with Crippen molar-refractivity contribution in [3.63, 3.8) is 0 Å². The Kier molecular flexibility index (Phi) is 9.68. The van der Waals surface area contributed by atoms with E-state index in [0.717, 1.165) is 42.1 Å². The fourth-order valence-corrected chi connectivity index (χ4v) is 12.4. The van der Waals surface area contributed by atoms with Gasteiger partial charge in [-0.3, -0.25) is 28.8 Å². The summed E-state index contributed by atoms with van der Waals surface area (Å²) in [6.07, 6.45) is 3.25. The molecular weight excluding hydrogens is 925 g/mol. The summed E-state index contributed by atoms with van der Waals surface area (Å²) in [6, 6.07) is 51.9. The van der Waals surface area contributed by atoms with Crippen LogP contribution >= 0.6 is 22.7 Å². The molecule has 0 fully saturated rings. The second kappa shape index (κ2) is 16.2. The van der Waals surface area contributed by atoms with Crippen LogP contribution in [-0.2, 0) is 37.7 Å². The molecule has 10 aromatic rings. The Bertz CT molecular complexity index is 3740. The maximum atomic E-state index is 15.3. The Balaban J connectivity index is 0.958. The van der Waals surface area contributed by atoms with E-state index in [1.165, 1.54) is 22.7 Å². The topological polar surface area (TPSA) is 121 Å².